The number of carbonyl (C=O) groups excluding carboxylic acids is 1. The molecule has 98 valence electrons. The van der Waals surface area contributed by atoms with Crippen LogP contribution in [0.2, 0.25) is 0 Å². The van der Waals surface area contributed by atoms with Crippen LogP contribution in [0.25, 0.3) is 10.9 Å². The molecule has 0 aliphatic heterocycles. The molecule has 0 aliphatic carbocycles. The van der Waals surface area contributed by atoms with Crippen molar-refractivity contribution in [2.45, 2.75) is 6.54 Å². The number of primary amides is 1. The average Bonchev–Trinajstić information content (AvgIpc) is 2.98. The molecule has 0 radical (unpaired) electrons. The summed E-state index contributed by atoms with van der Waals surface area (Å²) in [6.45, 7) is 0.742. The van der Waals surface area contributed by atoms with Crippen LogP contribution in [-0.2, 0) is 6.54 Å². The Labute approximate surface area is 120 Å². The van der Waals surface area contributed by atoms with E-state index in [0.717, 1.165) is 22.3 Å². The number of pyridine rings is 1. The quantitative estimate of drug-likeness (QED) is 0.807. The predicted molar refractivity (Wildman–Crippen MR) is 78.9 cm³/mol. The Morgan fingerprint density at radius 1 is 1.42 bits per heavy atom. The van der Waals surface area contributed by atoms with Gasteiger partial charge in [0.2, 0.25) is 5.91 Å². The van der Waals surface area contributed by atoms with Gasteiger partial charge >= 0.3 is 0 Å². The Bertz CT molecular complexity index is 719. The molecule has 3 aromatic heterocycles. The number of hydrogen-bond acceptors (Lipinski definition) is 3. The number of hydrogen-bond donors (Lipinski definition) is 1. The van der Waals surface area contributed by atoms with Crippen molar-refractivity contribution in [3.63, 3.8) is 0 Å². The number of halogens is 1. The number of thiophene rings is 1. The third kappa shape index (κ3) is 2.62. The Morgan fingerprint density at radius 2 is 2.26 bits per heavy atom. The summed E-state index contributed by atoms with van der Waals surface area (Å²) in [4.78, 5) is 16.2. The van der Waals surface area contributed by atoms with E-state index in [-0.39, 0.29) is 18.3 Å². The van der Waals surface area contributed by atoms with Crippen LogP contribution in [0.3, 0.4) is 0 Å². The zero-order chi connectivity index (χ0) is 12.5. The molecule has 2 N–H and O–H groups in total. The molecular weight excluding hydrogens is 282 g/mol. The highest BCUT2D eigenvalue weighted by atomic mass is 35.5. The third-order valence-electron chi connectivity index (χ3n) is 2.84. The lowest BCUT2D eigenvalue weighted by Crippen LogP contribution is -2.09. The molecule has 4 nitrogen and oxygen atoms in total. The van der Waals surface area contributed by atoms with Crippen LogP contribution in [0.5, 0.6) is 0 Å². The second-order valence-corrected chi connectivity index (χ2v) is 5.04. The van der Waals surface area contributed by atoms with Crippen LogP contribution >= 0.6 is 23.7 Å². The molecule has 3 heterocycles. The van der Waals surface area contributed by atoms with E-state index in [4.69, 9.17) is 5.73 Å². The van der Waals surface area contributed by atoms with Gasteiger partial charge in [-0.1, -0.05) is 0 Å². The van der Waals surface area contributed by atoms with Crippen molar-refractivity contribution >= 4 is 40.6 Å². The van der Waals surface area contributed by atoms with Gasteiger partial charge in [-0.25, -0.2) is 0 Å². The number of nitrogens with zero attached hydrogens (tertiary/aromatic N) is 2. The molecule has 0 aliphatic rings. The number of carbonyl (C=O) groups is 1. The van der Waals surface area contributed by atoms with Gasteiger partial charge in [0, 0.05) is 34.2 Å². The molecule has 0 saturated heterocycles. The SMILES string of the molecule is Cl.NC(=O)c1csc(Cn2ccc3cnccc32)c1. The van der Waals surface area contributed by atoms with Gasteiger partial charge in [-0.05, 0) is 18.2 Å². The smallest absolute Gasteiger partial charge is 0.249 e. The van der Waals surface area contributed by atoms with Crippen molar-refractivity contribution in [1.29, 1.82) is 0 Å². The highest BCUT2D eigenvalue weighted by molar-refractivity contribution is 7.10. The van der Waals surface area contributed by atoms with Crippen LogP contribution in [0.15, 0.2) is 42.2 Å². The van der Waals surface area contributed by atoms with E-state index in [1.54, 1.807) is 22.9 Å². The number of amides is 1. The fraction of sp³-hybridized carbons (Fsp3) is 0.0769. The van der Waals surface area contributed by atoms with Crippen LogP contribution in [0, 0.1) is 0 Å². The highest BCUT2D eigenvalue weighted by Crippen LogP contribution is 2.19. The number of rotatable bonds is 3. The van der Waals surface area contributed by atoms with E-state index >= 15 is 0 Å². The maximum Gasteiger partial charge on any atom is 0.249 e. The maximum atomic E-state index is 11.0. The van der Waals surface area contributed by atoms with Crippen molar-refractivity contribution in [3.8, 4) is 0 Å². The van der Waals surface area contributed by atoms with E-state index in [9.17, 15) is 4.79 Å². The van der Waals surface area contributed by atoms with Gasteiger partial charge in [-0.3, -0.25) is 9.78 Å². The van der Waals surface area contributed by atoms with Crippen LogP contribution in [0.4, 0.5) is 0 Å². The molecule has 0 saturated carbocycles. The van der Waals surface area contributed by atoms with Crippen molar-refractivity contribution < 1.29 is 4.79 Å². The molecular formula is C13H12ClN3OS. The van der Waals surface area contributed by atoms with Crippen molar-refractivity contribution in [2.24, 2.45) is 5.73 Å². The van der Waals surface area contributed by atoms with Gasteiger partial charge < -0.3 is 10.3 Å². The molecule has 0 spiro atoms. The van der Waals surface area contributed by atoms with Gasteiger partial charge in [0.05, 0.1) is 17.6 Å². The Morgan fingerprint density at radius 3 is 3.00 bits per heavy atom. The van der Waals surface area contributed by atoms with Crippen LogP contribution in [0.1, 0.15) is 15.2 Å². The minimum absolute atomic E-state index is 0. The number of fused-ring (bicyclic) bond motifs is 1. The molecule has 3 aromatic rings. The first-order chi connectivity index (χ1) is 8.74. The first kappa shape index (κ1) is 13.6. The molecule has 0 fully saturated rings. The summed E-state index contributed by atoms with van der Waals surface area (Å²) < 4.78 is 2.13. The predicted octanol–water partition coefficient (Wildman–Crippen LogP) is 2.67. The lowest BCUT2D eigenvalue weighted by molar-refractivity contribution is 0.100. The second-order valence-electron chi connectivity index (χ2n) is 4.04. The Hall–Kier alpha value is -1.85. The average molecular weight is 294 g/mol. The molecule has 0 unspecified atom stereocenters. The topological polar surface area (TPSA) is 60.9 Å². The van der Waals surface area contributed by atoms with E-state index in [2.05, 4.69) is 9.55 Å². The van der Waals surface area contributed by atoms with Gasteiger partial charge in [0.1, 0.15) is 0 Å². The lowest BCUT2D eigenvalue weighted by Gasteiger charge is -2.02. The van der Waals surface area contributed by atoms with Gasteiger partial charge in [-0.2, -0.15) is 0 Å². The normalized spacial score (nSPS) is 10.3. The summed E-state index contributed by atoms with van der Waals surface area (Å²) in [6.07, 6.45) is 5.65. The molecule has 0 bridgehead atoms. The summed E-state index contributed by atoms with van der Waals surface area (Å²) in [5.41, 5.74) is 6.96. The second kappa shape index (κ2) is 5.42. The number of nitrogens with two attached hydrogens (primary N) is 1. The van der Waals surface area contributed by atoms with E-state index < -0.39 is 0 Å². The first-order valence-corrected chi connectivity index (χ1v) is 6.38. The zero-order valence-electron chi connectivity index (χ0n) is 9.95. The largest absolute Gasteiger partial charge is 0.366 e. The molecule has 6 heteroatoms. The summed E-state index contributed by atoms with van der Waals surface area (Å²) in [5.74, 6) is -0.376. The molecule has 0 atom stereocenters. The monoisotopic (exact) mass is 293 g/mol. The lowest BCUT2D eigenvalue weighted by atomic mass is 10.3. The molecule has 3 rings (SSSR count). The fourth-order valence-corrected chi connectivity index (χ4v) is 2.81. The molecule has 0 aromatic carbocycles. The minimum atomic E-state index is -0.376. The van der Waals surface area contributed by atoms with Crippen molar-refractivity contribution in [1.82, 2.24) is 9.55 Å². The highest BCUT2D eigenvalue weighted by Gasteiger charge is 2.06. The Kier molecular flexibility index (Phi) is 3.87. The maximum absolute atomic E-state index is 11.0. The Balaban J connectivity index is 0.00000133. The van der Waals surface area contributed by atoms with Crippen molar-refractivity contribution in [3.05, 3.63) is 52.6 Å². The van der Waals surface area contributed by atoms with Gasteiger partial charge in [-0.15, -0.1) is 23.7 Å². The third-order valence-corrected chi connectivity index (χ3v) is 3.76. The van der Waals surface area contributed by atoms with Gasteiger partial charge in [0.15, 0.2) is 0 Å². The molecule has 19 heavy (non-hydrogen) atoms. The van der Waals surface area contributed by atoms with E-state index in [0.29, 0.717) is 5.56 Å². The number of aromatic nitrogens is 2. The van der Waals surface area contributed by atoms with Gasteiger partial charge in [0.25, 0.3) is 0 Å². The summed E-state index contributed by atoms with van der Waals surface area (Å²) >= 11 is 1.55. The minimum Gasteiger partial charge on any atom is -0.366 e. The molecule has 1 amide bonds. The fourth-order valence-electron chi connectivity index (χ4n) is 1.94. The van der Waals surface area contributed by atoms with E-state index in [1.807, 2.05) is 30.6 Å². The zero-order valence-corrected chi connectivity index (χ0v) is 11.6. The standard InChI is InChI=1S/C13H11N3OS.ClH/c14-13(17)10-5-11(18-8-10)7-16-4-2-9-6-15-3-1-12(9)16;/h1-6,8H,7H2,(H2,14,17);1H. The van der Waals surface area contributed by atoms with E-state index in [1.165, 1.54) is 0 Å². The van der Waals surface area contributed by atoms with Crippen LogP contribution < -0.4 is 5.73 Å². The summed E-state index contributed by atoms with van der Waals surface area (Å²) in [6, 6.07) is 5.86. The summed E-state index contributed by atoms with van der Waals surface area (Å²) in [7, 11) is 0. The first-order valence-electron chi connectivity index (χ1n) is 5.50. The summed E-state index contributed by atoms with van der Waals surface area (Å²) in [5, 5.41) is 2.91. The van der Waals surface area contributed by atoms with Crippen molar-refractivity contribution in [2.75, 3.05) is 0 Å². The van der Waals surface area contributed by atoms with Crippen LogP contribution in [-0.4, -0.2) is 15.5 Å².